The molecule has 0 N–H and O–H groups in total. The Bertz CT molecular complexity index is 956. The molecule has 28 heavy (non-hydrogen) atoms. The zero-order valence-electron chi connectivity index (χ0n) is 15.3. The summed E-state index contributed by atoms with van der Waals surface area (Å²) >= 11 is 0. The SMILES string of the molecule is Cc1nonc1C(=O)N1CCO[C@H](c2ccc(Cc3ccc(F)cc3)cn2)C1. The number of aryl methyl sites for hydroxylation is 1. The molecular formula is C20H19FN4O3. The maximum Gasteiger partial charge on any atom is 0.278 e. The number of carbonyl (C=O) groups is 1. The highest BCUT2D eigenvalue weighted by Crippen LogP contribution is 2.22. The first-order valence-corrected chi connectivity index (χ1v) is 8.99. The van der Waals surface area contributed by atoms with E-state index in [2.05, 4.69) is 19.9 Å². The molecule has 7 nitrogen and oxygen atoms in total. The van der Waals surface area contributed by atoms with Gasteiger partial charge in [-0.05, 0) is 47.8 Å². The molecule has 3 heterocycles. The van der Waals surface area contributed by atoms with Gasteiger partial charge in [-0.2, -0.15) is 0 Å². The van der Waals surface area contributed by atoms with Crippen molar-refractivity contribution in [1.82, 2.24) is 20.2 Å². The average Bonchev–Trinajstić information content (AvgIpc) is 3.16. The summed E-state index contributed by atoms with van der Waals surface area (Å²) in [5.41, 5.74) is 3.48. The van der Waals surface area contributed by atoms with Crippen LogP contribution >= 0.6 is 0 Å². The molecular weight excluding hydrogens is 363 g/mol. The zero-order valence-corrected chi connectivity index (χ0v) is 15.3. The van der Waals surface area contributed by atoms with Gasteiger partial charge in [-0.1, -0.05) is 23.4 Å². The Hall–Kier alpha value is -3.13. The number of pyridine rings is 1. The van der Waals surface area contributed by atoms with E-state index >= 15 is 0 Å². The molecule has 0 aliphatic carbocycles. The summed E-state index contributed by atoms with van der Waals surface area (Å²) in [5.74, 6) is -0.470. The minimum atomic E-state index is -0.308. The number of benzene rings is 1. The first-order chi connectivity index (χ1) is 13.6. The zero-order chi connectivity index (χ0) is 19.5. The lowest BCUT2D eigenvalue weighted by Crippen LogP contribution is -2.42. The number of aromatic nitrogens is 3. The van der Waals surface area contributed by atoms with Crippen molar-refractivity contribution >= 4 is 5.91 Å². The number of nitrogens with zero attached hydrogens (tertiary/aromatic N) is 4. The van der Waals surface area contributed by atoms with Crippen molar-refractivity contribution in [2.45, 2.75) is 19.4 Å². The van der Waals surface area contributed by atoms with Crippen LogP contribution < -0.4 is 0 Å². The van der Waals surface area contributed by atoms with Gasteiger partial charge < -0.3 is 9.64 Å². The van der Waals surface area contributed by atoms with Gasteiger partial charge in [-0.3, -0.25) is 9.78 Å². The van der Waals surface area contributed by atoms with Gasteiger partial charge in [0.05, 0.1) is 18.8 Å². The number of rotatable bonds is 4. The molecule has 1 amide bonds. The second-order valence-corrected chi connectivity index (χ2v) is 6.70. The smallest absolute Gasteiger partial charge is 0.278 e. The van der Waals surface area contributed by atoms with E-state index in [9.17, 15) is 9.18 Å². The fraction of sp³-hybridized carbons (Fsp3) is 0.300. The normalized spacial score (nSPS) is 16.9. The number of halogens is 1. The van der Waals surface area contributed by atoms with Crippen molar-refractivity contribution < 1.29 is 18.6 Å². The van der Waals surface area contributed by atoms with Crippen LogP contribution in [0.4, 0.5) is 4.39 Å². The number of morpholine rings is 1. The molecule has 0 spiro atoms. The van der Waals surface area contributed by atoms with E-state index in [1.165, 1.54) is 12.1 Å². The van der Waals surface area contributed by atoms with Gasteiger partial charge in [0.25, 0.3) is 5.91 Å². The van der Waals surface area contributed by atoms with Crippen LogP contribution in [0.1, 0.15) is 39.1 Å². The molecule has 1 saturated heterocycles. The van der Waals surface area contributed by atoms with Gasteiger partial charge in [0.1, 0.15) is 17.6 Å². The van der Waals surface area contributed by atoms with Gasteiger partial charge in [-0.15, -0.1) is 0 Å². The van der Waals surface area contributed by atoms with Gasteiger partial charge in [0.2, 0.25) is 0 Å². The van der Waals surface area contributed by atoms with Crippen molar-refractivity contribution in [2.75, 3.05) is 19.7 Å². The number of amides is 1. The highest BCUT2D eigenvalue weighted by molar-refractivity contribution is 5.93. The molecule has 1 aliphatic rings. The van der Waals surface area contributed by atoms with Crippen molar-refractivity contribution in [3.05, 3.63) is 76.6 Å². The number of carbonyl (C=O) groups excluding carboxylic acids is 1. The second kappa shape index (κ2) is 7.85. The fourth-order valence-electron chi connectivity index (χ4n) is 3.16. The van der Waals surface area contributed by atoms with E-state index in [0.29, 0.717) is 31.8 Å². The lowest BCUT2D eigenvalue weighted by atomic mass is 10.1. The van der Waals surface area contributed by atoms with E-state index in [1.54, 1.807) is 30.2 Å². The Balaban J connectivity index is 1.43. The molecule has 1 atom stereocenters. The van der Waals surface area contributed by atoms with Crippen LogP contribution in [0, 0.1) is 12.7 Å². The van der Waals surface area contributed by atoms with Gasteiger partial charge in [0, 0.05) is 12.7 Å². The standard InChI is InChI=1S/C20H19FN4O3/c1-13-19(24-28-23-13)20(26)25-8-9-27-18(12-25)17-7-4-15(11-22-17)10-14-2-5-16(21)6-3-14/h2-7,11,18H,8-10,12H2,1H3/t18-/m0/s1. The van der Waals surface area contributed by atoms with E-state index in [4.69, 9.17) is 4.74 Å². The van der Waals surface area contributed by atoms with Crippen LogP contribution in [0.3, 0.4) is 0 Å². The molecule has 0 unspecified atom stereocenters. The predicted octanol–water partition coefficient (Wildman–Crippen LogP) is 2.72. The molecule has 4 rings (SSSR count). The molecule has 1 aliphatic heterocycles. The summed E-state index contributed by atoms with van der Waals surface area (Å²) in [6, 6.07) is 10.3. The highest BCUT2D eigenvalue weighted by atomic mass is 19.1. The molecule has 1 fully saturated rings. The lowest BCUT2D eigenvalue weighted by Gasteiger charge is -2.32. The van der Waals surface area contributed by atoms with Crippen LogP contribution in [0.5, 0.6) is 0 Å². The third-order valence-electron chi connectivity index (χ3n) is 4.71. The molecule has 8 heteroatoms. The van der Waals surface area contributed by atoms with Gasteiger partial charge in [-0.25, -0.2) is 9.02 Å². The summed E-state index contributed by atoms with van der Waals surface area (Å²) in [4.78, 5) is 18.8. The summed E-state index contributed by atoms with van der Waals surface area (Å²) in [5, 5.41) is 7.35. The number of ether oxygens (including phenoxy) is 1. The van der Waals surface area contributed by atoms with Crippen LogP contribution in [0.2, 0.25) is 0 Å². The average molecular weight is 382 g/mol. The largest absolute Gasteiger partial charge is 0.368 e. The topological polar surface area (TPSA) is 81.4 Å². The summed E-state index contributed by atoms with van der Waals surface area (Å²) in [6.07, 6.45) is 2.15. The number of hydrogen-bond donors (Lipinski definition) is 0. The molecule has 3 aromatic rings. The fourth-order valence-corrected chi connectivity index (χ4v) is 3.16. The van der Waals surface area contributed by atoms with Crippen molar-refractivity contribution in [3.8, 4) is 0 Å². The van der Waals surface area contributed by atoms with Crippen LogP contribution in [-0.2, 0) is 11.2 Å². The number of hydrogen-bond acceptors (Lipinski definition) is 6. The minimum absolute atomic E-state index is 0.222. The molecule has 144 valence electrons. The van der Waals surface area contributed by atoms with E-state index in [-0.39, 0.29) is 23.5 Å². The van der Waals surface area contributed by atoms with Crippen LogP contribution in [-0.4, -0.2) is 45.8 Å². The van der Waals surface area contributed by atoms with E-state index in [1.807, 2.05) is 12.1 Å². The first-order valence-electron chi connectivity index (χ1n) is 8.99. The third kappa shape index (κ3) is 3.91. The second-order valence-electron chi connectivity index (χ2n) is 6.70. The lowest BCUT2D eigenvalue weighted by molar-refractivity contribution is -0.0250. The van der Waals surface area contributed by atoms with Gasteiger partial charge >= 0.3 is 0 Å². The van der Waals surface area contributed by atoms with Crippen LogP contribution in [0.15, 0.2) is 47.2 Å². The summed E-state index contributed by atoms with van der Waals surface area (Å²) in [7, 11) is 0. The van der Waals surface area contributed by atoms with Crippen LogP contribution in [0.25, 0.3) is 0 Å². The highest BCUT2D eigenvalue weighted by Gasteiger charge is 2.29. The first kappa shape index (κ1) is 18.2. The molecule has 0 bridgehead atoms. The maximum atomic E-state index is 13.0. The van der Waals surface area contributed by atoms with E-state index < -0.39 is 0 Å². The molecule has 1 aromatic carbocycles. The summed E-state index contributed by atoms with van der Waals surface area (Å²) in [6.45, 7) is 2.96. The molecule has 2 aromatic heterocycles. The Morgan fingerprint density at radius 3 is 2.64 bits per heavy atom. The third-order valence-corrected chi connectivity index (χ3v) is 4.71. The minimum Gasteiger partial charge on any atom is -0.368 e. The van der Waals surface area contributed by atoms with E-state index in [0.717, 1.165) is 16.8 Å². The Morgan fingerprint density at radius 1 is 1.18 bits per heavy atom. The Kier molecular flexibility index (Phi) is 5.12. The van der Waals surface area contributed by atoms with Crippen molar-refractivity contribution in [3.63, 3.8) is 0 Å². The predicted molar refractivity (Wildman–Crippen MR) is 97.1 cm³/mol. The molecule has 0 saturated carbocycles. The molecule has 0 radical (unpaired) electrons. The van der Waals surface area contributed by atoms with Gasteiger partial charge in [0.15, 0.2) is 5.69 Å². The monoisotopic (exact) mass is 382 g/mol. The summed E-state index contributed by atoms with van der Waals surface area (Å²) < 4.78 is 23.4. The van der Waals surface area contributed by atoms with Crippen molar-refractivity contribution in [1.29, 1.82) is 0 Å². The Labute approximate surface area is 161 Å². The quantitative estimate of drug-likeness (QED) is 0.690. The van der Waals surface area contributed by atoms with Crippen molar-refractivity contribution in [2.24, 2.45) is 0 Å². The maximum absolute atomic E-state index is 13.0. The Morgan fingerprint density at radius 2 is 1.96 bits per heavy atom.